The second kappa shape index (κ2) is 8.37. The highest BCUT2D eigenvalue weighted by Crippen LogP contribution is 2.35. The Labute approximate surface area is 195 Å². The van der Waals surface area contributed by atoms with Crippen LogP contribution in [0.4, 0.5) is 10.4 Å². The van der Waals surface area contributed by atoms with Gasteiger partial charge in [0, 0.05) is 42.5 Å². The highest BCUT2D eigenvalue weighted by atomic mass is 35.5. The van der Waals surface area contributed by atoms with E-state index in [9.17, 15) is 14.3 Å². The number of carbonyl (C=O) groups is 1. The van der Waals surface area contributed by atoms with E-state index in [-0.39, 0.29) is 18.3 Å². The number of aromatic nitrogens is 2. The van der Waals surface area contributed by atoms with E-state index in [1.165, 1.54) is 12.1 Å². The number of anilines is 1. The van der Waals surface area contributed by atoms with Crippen LogP contribution in [0, 0.1) is 11.7 Å². The standard InChI is InChI=1S/C25H25ClFN3O3/c1-14(2)12-29(25-28-20-9-16(27)4-8-23(20)33-25)17-5-6-18-19(11-24(31)32)21-7-3-15(26)13-30(21)22(18)10-17/h3-4,7-9,13-14,17H,5-6,10-12H2,1-2H3,(H,31,32). The van der Waals surface area contributed by atoms with Gasteiger partial charge in [-0.2, -0.15) is 4.98 Å². The van der Waals surface area contributed by atoms with Gasteiger partial charge >= 0.3 is 5.97 Å². The normalized spacial score (nSPS) is 16.0. The molecule has 33 heavy (non-hydrogen) atoms. The van der Waals surface area contributed by atoms with Crippen molar-refractivity contribution in [3.8, 4) is 0 Å². The van der Waals surface area contributed by atoms with Gasteiger partial charge in [-0.25, -0.2) is 4.39 Å². The fraction of sp³-hybridized carbons (Fsp3) is 0.360. The number of hydrogen-bond donors (Lipinski definition) is 1. The minimum Gasteiger partial charge on any atom is -0.481 e. The predicted molar refractivity (Wildman–Crippen MR) is 126 cm³/mol. The average Bonchev–Trinajstić information content (AvgIpc) is 3.30. The minimum atomic E-state index is -0.845. The molecule has 3 aromatic heterocycles. The van der Waals surface area contributed by atoms with Crippen LogP contribution in [0.2, 0.25) is 5.02 Å². The van der Waals surface area contributed by atoms with E-state index in [4.69, 9.17) is 16.0 Å². The van der Waals surface area contributed by atoms with Crippen LogP contribution in [0.5, 0.6) is 0 Å². The number of aliphatic carboxylic acids is 1. The average molecular weight is 470 g/mol. The van der Waals surface area contributed by atoms with E-state index in [0.29, 0.717) is 34.5 Å². The maximum absolute atomic E-state index is 13.7. The van der Waals surface area contributed by atoms with Crippen molar-refractivity contribution < 1.29 is 18.7 Å². The zero-order valence-electron chi connectivity index (χ0n) is 18.5. The minimum absolute atomic E-state index is 0.0163. The Kier molecular flexibility index (Phi) is 5.52. The third kappa shape index (κ3) is 4.06. The van der Waals surface area contributed by atoms with Gasteiger partial charge in [0.25, 0.3) is 6.01 Å². The van der Waals surface area contributed by atoms with Crippen LogP contribution in [-0.4, -0.2) is 33.0 Å². The highest BCUT2D eigenvalue weighted by Gasteiger charge is 2.32. The Hall–Kier alpha value is -3.06. The first kappa shape index (κ1) is 21.8. The van der Waals surface area contributed by atoms with Crippen molar-refractivity contribution in [2.45, 2.75) is 45.6 Å². The summed E-state index contributed by atoms with van der Waals surface area (Å²) in [6.45, 7) is 5.02. The molecule has 1 unspecified atom stereocenters. The highest BCUT2D eigenvalue weighted by molar-refractivity contribution is 6.30. The molecule has 0 saturated carbocycles. The number of oxazole rings is 1. The van der Waals surface area contributed by atoms with E-state index in [0.717, 1.165) is 41.7 Å². The smallest absolute Gasteiger partial charge is 0.307 e. The number of pyridine rings is 1. The van der Waals surface area contributed by atoms with Gasteiger partial charge in [-0.3, -0.25) is 4.79 Å². The first-order chi connectivity index (χ1) is 15.8. The molecule has 0 radical (unpaired) electrons. The van der Waals surface area contributed by atoms with Crippen LogP contribution in [0.3, 0.4) is 0 Å². The first-order valence-corrected chi connectivity index (χ1v) is 11.5. The molecule has 1 N–H and O–H groups in total. The van der Waals surface area contributed by atoms with Crippen molar-refractivity contribution in [2.24, 2.45) is 5.92 Å². The number of carboxylic acid groups (broad SMARTS) is 1. The van der Waals surface area contributed by atoms with Crippen LogP contribution in [0.25, 0.3) is 16.6 Å². The van der Waals surface area contributed by atoms with Crippen molar-refractivity contribution in [1.82, 2.24) is 9.38 Å². The maximum atomic E-state index is 13.7. The summed E-state index contributed by atoms with van der Waals surface area (Å²) in [5.74, 6) is -0.829. The Bertz CT molecular complexity index is 1360. The molecule has 1 aromatic carbocycles. The van der Waals surface area contributed by atoms with Crippen LogP contribution >= 0.6 is 11.6 Å². The van der Waals surface area contributed by atoms with Crippen molar-refractivity contribution >= 4 is 40.2 Å². The van der Waals surface area contributed by atoms with Gasteiger partial charge < -0.3 is 18.8 Å². The molecule has 4 aromatic rings. The summed E-state index contributed by atoms with van der Waals surface area (Å²) in [6.07, 6.45) is 4.14. The second-order valence-corrected chi connectivity index (χ2v) is 9.56. The largest absolute Gasteiger partial charge is 0.481 e. The molecule has 0 spiro atoms. The number of hydrogen-bond acceptors (Lipinski definition) is 4. The predicted octanol–water partition coefficient (Wildman–Crippen LogP) is 5.52. The maximum Gasteiger partial charge on any atom is 0.307 e. The summed E-state index contributed by atoms with van der Waals surface area (Å²) in [4.78, 5) is 18.3. The van der Waals surface area contributed by atoms with Gasteiger partial charge in [0.2, 0.25) is 0 Å². The molecule has 6 nitrogen and oxygen atoms in total. The third-order valence-corrected chi connectivity index (χ3v) is 6.52. The molecule has 0 aliphatic heterocycles. The van der Waals surface area contributed by atoms with E-state index in [2.05, 4.69) is 23.7 Å². The quantitative estimate of drug-likeness (QED) is 0.402. The zero-order valence-corrected chi connectivity index (χ0v) is 19.3. The Morgan fingerprint density at radius 3 is 2.94 bits per heavy atom. The molecule has 1 aliphatic carbocycles. The SMILES string of the molecule is CC(C)CN(c1nc2cc(F)ccc2o1)C1CCc2c(CC(=O)O)c3ccc(Cl)cn3c2C1. The van der Waals surface area contributed by atoms with Crippen LogP contribution in [0.15, 0.2) is 40.9 Å². The number of carboxylic acids is 1. The molecule has 0 saturated heterocycles. The van der Waals surface area contributed by atoms with E-state index < -0.39 is 5.97 Å². The number of nitrogens with zero attached hydrogens (tertiary/aromatic N) is 3. The van der Waals surface area contributed by atoms with Gasteiger partial charge in [0.15, 0.2) is 5.58 Å². The molecule has 0 bridgehead atoms. The number of benzene rings is 1. The topological polar surface area (TPSA) is 71.0 Å². The fourth-order valence-corrected chi connectivity index (χ4v) is 5.13. The molecule has 8 heteroatoms. The molecule has 172 valence electrons. The summed E-state index contributed by atoms with van der Waals surface area (Å²) in [7, 11) is 0. The van der Waals surface area contributed by atoms with E-state index in [1.54, 1.807) is 12.1 Å². The first-order valence-electron chi connectivity index (χ1n) is 11.1. The number of halogens is 2. The second-order valence-electron chi connectivity index (χ2n) is 9.13. The third-order valence-electron chi connectivity index (χ3n) is 6.30. The monoisotopic (exact) mass is 469 g/mol. The van der Waals surface area contributed by atoms with Crippen molar-refractivity contribution in [1.29, 1.82) is 0 Å². The summed E-state index contributed by atoms with van der Waals surface area (Å²) >= 11 is 6.29. The summed E-state index contributed by atoms with van der Waals surface area (Å²) in [5, 5.41) is 10.1. The lowest BCUT2D eigenvalue weighted by Gasteiger charge is -2.34. The van der Waals surface area contributed by atoms with E-state index in [1.807, 2.05) is 16.7 Å². The zero-order chi connectivity index (χ0) is 23.3. The van der Waals surface area contributed by atoms with Gasteiger partial charge in [-0.05, 0) is 54.2 Å². The lowest BCUT2D eigenvalue weighted by molar-refractivity contribution is -0.136. The summed E-state index contributed by atoms with van der Waals surface area (Å²) < 4.78 is 21.8. The molecular weight excluding hydrogens is 445 g/mol. The number of fused-ring (bicyclic) bond motifs is 4. The molecule has 1 atom stereocenters. The van der Waals surface area contributed by atoms with Gasteiger partial charge in [-0.15, -0.1) is 0 Å². The number of rotatable bonds is 6. The lowest BCUT2D eigenvalue weighted by Crippen LogP contribution is -2.42. The van der Waals surface area contributed by atoms with Gasteiger partial charge in [0.1, 0.15) is 11.3 Å². The van der Waals surface area contributed by atoms with Crippen LogP contribution < -0.4 is 4.90 Å². The van der Waals surface area contributed by atoms with Gasteiger partial charge in [-0.1, -0.05) is 25.4 Å². The fourth-order valence-electron chi connectivity index (χ4n) is 4.97. The Balaban J connectivity index is 1.56. The van der Waals surface area contributed by atoms with Gasteiger partial charge in [0.05, 0.1) is 11.4 Å². The summed E-state index contributed by atoms with van der Waals surface area (Å²) in [5.41, 5.74) is 4.98. The molecule has 0 fully saturated rings. The van der Waals surface area contributed by atoms with Crippen LogP contribution in [0.1, 0.15) is 37.1 Å². The van der Waals surface area contributed by atoms with Crippen molar-refractivity contribution in [3.63, 3.8) is 0 Å². The molecule has 3 heterocycles. The Morgan fingerprint density at radius 2 is 2.18 bits per heavy atom. The molecule has 5 rings (SSSR count). The molecule has 1 aliphatic rings. The van der Waals surface area contributed by atoms with Crippen LogP contribution in [-0.2, 0) is 24.1 Å². The van der Waals surface area contributed by atoms with Crippen molar-refractivity contribution in [3.05, 3.63) is 64.2 Å². The van der Waals surface area contributed by atoms with E-state index >= 15 is 0 Å². The Morgan fingerprint density at radius 1 is 1.36 bits per heavy atom. The summed E-state index contributed by atoms with van der Waals surface area (Å²) in [6, 6.07) is 8.65. The molecular formula is C25H25ClFN3O3. The molecule has 0 amide bonds. The van der Waals surface area contributed by atoms with Crippen molar-refractivity contribution in [2.75, 3.05) is 11.4 Å². The lowest BCUT2D eigenvalue weighted by atomic mass is 9.89.